The van der Waals surface area contributed by atoms with Crippen molar-refractivity contribution < 1.29 is 14.6 Å². The van der Waals surface area contributed by atoms with Gasteiger partial charge in [-0.05, 0) is 6.92 Å². The Labute approximate surface area is 77.5 Å². The Hall–Kier alpha value is -0.650. The summed E-state index contributed by atoms with van der Waals surface area (Å²) in [5.74, 6) is -0.111. The van der Waals surface area contributed by atoms with E-state index in [9.17, 15) is 4.79 Å². The lowest BCUT2D eigenvalue weighted by molar-refractivity contribution is -0.126. The van der Waals surface area contributed by atoms with Crippen LogP contribution in [-0.2, 0) is 9.53 Å². The molecule has 1 saturated heterocycles. The molecule has 1 unspecified atom stereocenters. The number of carbonyl (C=O) groups is 1. The van der Waals surface area contributed by atoms with E-state index < -0.39 is 6.10 Å². The highest BCUT2D eigenvalue weighted by molar-refractivity contribution is 5.81. The van der Waals surface area contributed by atoms with Gasteiger partial charge in [-0.15, -0.1) is 0 Å². The second-order valence-corrected chi connectivity index (χ2v) is 3.18. The van der Waals surface area contributed by atoms with E-state index in [1.54, 1.807) is 6.92 Å². The largest absolute Gasteiger partial charge is 0.392 e. The average molecular weight is 188 g/mol. The van der Waals surface area contributed by atoms with Gasteiger partial charge in [-0.3, -0.25) is 4.79 Å². The summed E-state index contributed by atoms with van der Waals surface area (Å²) in [7, 11) is 0. The van der Waals surface area contributed by atoms with Gasteiger partial charge in [0.1, 0.15) is 6.04 Å². The van der Waals surface area contributed by atoms with Gasteiger partial charge in [0.25, 0.3) is 0 Å². The minimum atomic E-state index is -0.506. The molecule has 0 bridgehead atoms. The number of nitrogens with one attached hydrogen (secondary N) is 2. The molecule has 1 amide bonds. The first-order valence-corrected chi connectivity index (χ1v) is 4.47. The van der Waals surface area contributed by atoms with Gasteiger partial charge in [-0.2, -0.15) is 0 Å². The Kier molecular flexibility index (Phi) is 4.14. The number of hydrogen-bond donors (Lipinski definition) is 3. The third-order valence-corrected chi connectivity index (χ3v) is 1.81. The van der Waals surface area contributed by atoms with Crippen molar-refractivity contribution in [1.29, 1.82) is 0 Å². The summed E-state index contributed by atoms with van der Waals surface area (Å²) in [5.41, 5.74) is 0. The van der Waals surface area contributed by atoms with Crippen LogP contribution in [0.3, 0.4) is 0 Å². The maximum atomic E-state index is 11.3. The predicted octanol–water partition coefficient (Wildman–Crippen LogP) is -1.53. The van der Waals surface area contributed by atoms with Crippen molar-refractivity contribution in [2.75, 3.05) is 26.3 Å². The second kappa shape index (κ2) is 5.16. The van der Waals surface area contributed by atoms with Crippen LogP contribution in [0.25, 0.3) is 0 Å². The SMILES string of the molecule is C[C@H](O)CNC(=O)C1COCCN1. The highest BCUT2D eigenvalue weighted by Crippen LogP contribution is 1.92. The summed E-state index contributed by atoms with van der Waals surface area (Å²) in [6.45, 7) is 3.68. The van der Waals surface area contributed by atoms with Crippen LogP contribution >= 0.6 is 0 Å². The zero-order valence-corrected chi connectivity index (χ0v) is 7.75. The fourth-order valence-corrected chi connectivity index (χ4v) is 1.11. The maximum absolute atomic E-state index is 11.3. The van der Waals surface area contributed by atoms with Crippen molar-refractivity contribution in [3.8, 4) is 0 Å². The van der Waals surface area contributed by atoms with Crippen molar-refractivity contribution in [2.24, 2.45) is 0 Å². The average Bonchev–Trinajstić information content (AvgIpc) is 2.15. The summed E-state index contributed by atoms with van der Waals surface area (Å²) < 4.78 is 5.12. The van der Waals surface area contributed by atoms with Gasteiger partial charge in [0.15, 0.2) is 0 Å². The third-order valence-electron chi connectivity index (χ3n) is 1.81. The molecule has 5 heteroatoms. The van der Waals surface area contributed by atoms with E-state index >= 15 is 0 Å². The second-order valence-electron chi connectivity index (χ2n) is 3.18. The Morgan fingerprint density at radius 2 is 2.62 bits per heavy atom. The number of rotatable bonds is 3. The van der Waals surface area contributed by atoms with E-state index in [0.717, 1.165) is 0 Å². The van der Waals surface area contributed by atoms with Gasteiger partial charge < -0.3 is 20.5 Å². The number of amides is 1. The standard InChI is InChI=1S/C8H16N2O3/c1-6(11)4-10-8(12)7-5-13-3-2-9-7/h6-7,9,11H,2-5H2,1H3,(H,10,12)/t6-,7?/m0/s1. The van der Waals surface area contributed by atoms with Crippen molar-refractivity contribution >= 4 is 5.91 Å². The molecule has 1 aliphatic heterocycles. The minimum absolute atomic E-state index is 0.111. The van der Waals surface area contributed by atoms with Gasteiger partial charge in [0, 0.05) is 13.1 Å². The van der Waals surface area contributed by atoms with E-state index in [4.69, 9.17) is 9.84 Å². The van der Waals surface area contributed by atoms with Crippen molar-refractivity contribution in [1.82, 2.24) is 10.6 Å². The molecule has 1 aliphatic rings. The van der Waals surface area contributed by atoms with Crippen LogP contribution in [0.5, 0.6) is 0 Å². The van der Waals surface area contributed by atoms with Gasteiger partial charge >= 0.3 is 0 Å². The van der Waals surface area contributed by atoms with E-state index in [1.165, 1.54) is 0 Å². The molecule has 0 saturated carbocycles. The van der Waals surface area contributed by atoms with Crippen LogP contribution in [0, 0.1) is 0 Å². The maximum Gasteiger partial charge on any atom is 0.239 e. The zero-order valence-electron chi connectivity index (χ0n) is 7.75. The van der Waals surface area contributed by atoms with E-state index in [2.05, 4.69) is 10.6 Å². The van der Waals surface area contributed by atoms with Crippen LogP contribution < -0.4 is 10.6 Å². The number of aliphatic hydroxyl groups excluding tert-OH is 1. The molecule has 1 rings (SSSR count). The summed E-state index contributed by atoms with van der Waals surface area (Å²) >= 11 is 0. The Bertz CT molecular complexity index is 167. The molecule has 2 atom stereocenters. The monoisotopic (exact) mass is 188 g/mol. The third kappa shape index (κ3) is 3.71. The molecule has 0 aromatic heterocycles. The summed E-state index contributed by atoms with van der Waals surface area (Å²) in [5, 5.41) is 14.6. The fourth-order valence-electron chi connectivity index (χ4n) is 1.11. The van der Waals surface area contributed by atoms with Crippen molar-refractivity contribution in [3.05, 3.63) is 0 Å². The molecule has 1 heterocycles. The van der Waals surface area contributed by atoms with E-state index in [0.29, 0.717) is 19.8 Å². The van der Waals surface area contributed by atoms with E-state index in [1.807, 2.05) is 0 Å². The molecule has 0 radical (unpaired) electrons. The number of ether oxygens (including phenoxy) is 1. The molecule has 76 valence electrons. The molecular formula is C8H16N2O3. The molecular weight excluding hydrogens is 172 g/mol. The lowest BCUT2D eigenvalue weighted by atomic mass is 10.2. The lowest BCUT2D eigenvalue weighted by Crippen LogP contribution is -2.52. The van der Waals surface area contributed by atoms with Gasteiger partial charge in [-0.25, -0.2) is 0 Å². The molecule has 0 aliphatic carbocycles. The molecule has 0 aromatic carbocycles. The van der Waals surface area contributed by atoms with Crippen LogP contribution in [0.15, 0.2) is 0 Å². The first kappa shape index (κ1) is 10.4. The molecule has 13 heavy (non-hydrogen) atoms. The molecule has 0 aromatic rings. The first-order valence-electron chi connectivity index (χ1n) is 4.47. The number of aliphatic hydroxyl groups is 1. The number of hydrogen-bond acceptors (Lipinski definition) is 4. The Balaban J connectivity index is 2.21. The highest BCUT2D eigenvalue weighted by atomic mass is 16.5. The Morgan fingerprint density at radius 3 is 3.15 bits per heavy atom. The van der Waals surface area contributed by atoms with Crippen LogP contribution in [-0.4, -0.2) is 49.5 Å². The summed E-state index contributed by atoms with van der Waals surface area (Å²) in [6, 6.07) is -0.271. The summed E-state index contributed by atoms with van der Waals surface area (Å²) in [6.07, 6.45) is -0.506. The van der Waals surface area contributed by atoms with Crippen LogP contribution in [0.1, 0.15) is 6.92 Å². The van der Waals surface area contributed by atoms with Crippen LogP contribution in [0.4, 0.5) is 0 Å². The fraction of sp³-hybridized carbons (Fsp3) is 0.875. The molecule has 0 spiro atoms. The number of carbonyl (C=O) groups excluding carboxylic acids is 1. The minimum Gasteiger partial charge on any atom is -0.392 e. The topological polar surface area (TPSA) is 70.6 Å². The van der Waals surface area contributed by atoms with Crippen molar-refractivity contribution in [2.45, 2.75) is 19.1 Å². The van der Waals surface area contributed by atoms with Crippen LogP contribution in [0.2, 0.25) is 0 Å². The lowest BCUT2D eigenvalue weighted by Gasteiger charge is -2.23. The zero-order chi connectivity index (χ0) is 9.68. The number of morpholine rings is 1. The van der Waals surface area contributed by atoms with Gasteiger partial charge in [0.2, 0.25) is 5.91 Å². The quantitative estimate of drug-likeness (QED) is 0.502. The Morgan fingerprint density at radius 1 is 1.85 bits per heavy atom. The first-order chi connectivity index (χ1) is 6.20. The van der Waals surface area contributed by atoms with Gasteiger partial charge in [0.05, 0.1) is 19.3 Å². The predicted molar refractivity (Wildman–Crippen MR) is 47.3 cm³/mol. The smallest absolute Gasteiger partial charge is 0.239 e. The van der Waals surface area contributed by atoms with E-state index in [-0.39, 0.29) is 18.5 Å². The molecule has 5 nitrogen and oxygen atoms in total. The normalized spacial score (nSPS) is 25.2. The van der Waals surface area contributed by atoms with Gasteiger partial charge in [-0.1, -0.05) is 0 Å². The summed E-state index contributed by atoms with van der Waals surface area (Å²) in [4.78, 5) is 11.3. The molecule has 1 fully saturated rings. The highest BCUT2D eigenvalue weighted by Gasteiger charge is 2.20. The van der Waals surface area contributed by atoms with Crippen molar-refractivity contribution in [3.63, 3.8) is 0 Å². The molecule has 3 N–H and O–H groups in total.